The van der Waals surface area contributed by atoms with E-state index < -0.39 is 17.5 Å². The van der Waals surface area contributed by atoms with Crippen LogP contribution >= 0.6 is 0 Å². The second-order valence-corrected chi connectivity index (χ2v) is 5.50. The number of carbonyl (C=O) groups is 3. The van der Waals surface area contributed by atoms with Crippen LogP contribution in [0.1, 0.15) is 27.7 Å². The molecular formula is C12H22N2O6. The van der Waals surface area contributed by atoms with E-state index in [0.29, 0.717) is 5.92 Å². The summed E-state index contributed by atoms with van der Waals surface area (Å²) in [4.78, 5) is 29.6. The highest BCUT2D eigenvalue weighted by Crippen LogP contribution is 2.10. The zero-order valence-electron chi connectivity index (χ0n) is 12.1. The molecule has 1 amide bonds. The van der Waals surface area contributed by atoms with E-state index in [1.807, 2.05) is 20.8 Å². The Hall–Kier alpha value is -1.83. The third-order valence-corrected chi connectivity index (χ3v) is 2.40. The molecule has 2 atom stereocenters. The van der Waals surface area contributed by atoms with Crippen LogP contribution in [-0.4, -0.2) is 53.0 Å². The monoisotopic (exact) mass is 290 g/mol. The first kappa shape index (κ1) is 18.2. The highest BCUT2D eigenvalue weighted by atomic mass is 16.6. The number of aliphatic carboxylic acids is 2. The molecule has 1 rings (SSSR count). The summed E-state index contributed by atoms with van der Waals surface area (Å²) in [7, 11) is 0. The van der Waals surface area contributed by atoms with Crippen molar-refractivity contribution >= 4 is 18.0 Å². The third-order valence-electron chi connectivity index (χ3n) is 2.40. The van der Waals surface area contributed by atoms with Crippen molar-refractivity contribution in [3.63, 3.8) is 0 Å². The lowest BCUT2D eigenvalue weighted by Crippen LogP contribution is -2.42. The fourth-order valence-electron chi connectivity index (χ4n) is 1.46. The van der Waals surface area contributed by atoms with Gasteiger partial charge in [-0.2, -0.15) is 0 Å². The van der Waals surface area contributed by atoms with Crippen LogP contribution in [0.3, 0.4) is 0 Å². The molecule has 1 heterocycles. The number of hydrogen-bond donors (Lipinski definition) is 4. The number of carboxylic acid groups (broad SMARTS) is 2. The van der Waals surface area contributed by atoms with Crippen LogP contribution < -0.4 is 10.6 Å². The zero-order valence-corrected chi connectivity index (χ0v) is 12.1. The van der Waals surface area contributed by atoms with Crippen LogP contribution in [0.25, 0.3) is 0 Å². The summed E-state index contributed by atoms with van der Waals surface area (Å²) in [5.41, 5.74) is -0.417. The number of alkyl carbamates (subject to hydrolysis) is 1. The average Bonchev–Trinajstić information content (AvgIpc) is 2.62. The van der Waals surface area contributed by atoms with Crippen molar-refractivity contribution < 1.29 is 29.3 Å². The minimum Gasteiger partial charge on any atom is -0.473 e. The fourth-order valence-corrected chi connectivity index (χ4v) is 1.46. The standard InChI is InChI=1S/C10H20N2O2.C2H2O4/c1-7-5-11-6-8(7)12-9(13)14-10(2,3)4;3-1(4)2(5)6/h7-8,11H,5-6H2,1-4H3,(H,12,13);(H,3,4)(H,5,6). The topological polar surface area (TPSA) is 125 Å². The molecule has 8 heteroatoms. The van der Waals surface area contributed by atoms with Gasteiger partial charge in [0.05, 0.1) is 0 Å². The van der Waals surface area contributed by atoms with Crippen LogP contribution in [0.2, 0.25) is 0 Å². The van der Waals surface area contributed by atoms with Gasteiger partial charge >= 0.3 is 18.0 Å². The van der Waals surface area contributed by atoms with E-state index in [4.69, 9.17) is 24.5 Å². The predicted octanol–water partition coefficient (Wildman–Crippen LogP) is 0.275. The van der Waals surface area contributed by atoms with E-state index in [2.05, 4.69) is 17.6 Å². The molecule has 4 N–H and O–H groups in total. The lowest BCUT2D eigenvalue weighted by Gasteiger charge is -2.22. The molecule has 0 spiro atoms. The van der Waals surface area contributed by atoms with Gasteiger partial charge in [0.1, 0.15) is 5.60 Å². The Morgan fingerprint density at radius 3 is 1.95 bits per heavy atom. The smallest absolute Gasteiger partial charge is 0.414 e. The number of ether oxygens (including phenoxy) is 1. The first-order chi connectivity index (χ1) is 9.03. The van der Waals surface area contributed by atoms with Crippen molar-refractivity contribution in [2.45, 2.75) is 39.3 Å². The number of amides is 1. The first-order valence-electron chi connectivity index (χ1n) is 6.19. The average molecular weight is 290 g/mol. The largest absolute Gasteiger partial charge is 0.473 e. The number of nitrogens with one attached hydrogen (secondary N) is 2. The second kappa shape index (κ2) is 7.68. The van der Waals surface area contributed by atoms with E-state index in [9.17, 15) is 4.79 Å². The lowest BCUT2D eigenvalue weighted by atomic mass is 10.1. The summed E-state index contributed by atoms with van der Waals surface area (Å²) >= 11 is 0. The lowest BCUT2D eigenvalue weighted by molar-refractivity contribution is -0.159. The molecule has 0 aliphatic carbocycles. The van der Waals surface area contributed by atoms with Crippen molar-refractivity contribution in [2.24, 2.45) is 5.92 Å². The van der Waals surface area contributed by atoms with Gasteiger partial charge in [0.15, 0.2) is 0 Å². The molecular weight excluding hydrogens is 268 g/mol. The minimum atomic E-state index is -1.82. The Kier molecular flexibility index (Phi) is 6.98. The highest BCUT2D eigenvalue weighted by Gasteiger charge is 2.26. The van der Waals surface area contributed by atoms with Crippen molar-refractivity contribution in [2.75, 3.05) is 13.1 Å². The minimum absolute atomic E-state index is 0.199. The quantitative estimate of drug-likeness (QED) is 0.511. The molecule has 2 unspecified atom stereocenters. The van der Waals surface area contributed by atoms with Gasteiger partial charge in [0, 0.05) is 12.6 Å². The fraction of sp³-hybridized carbons (Fsp3) is 0.750. The molecule has 0 radical (unpaired) electrons. The van der Waals surface area contributed by atoms with Gasteiger partial charge in [0.25, 0.3) is 0 Å². The highest BCUT2D eigenvalue weighted by molar-refractivity contribution is 6.27. The van der Waals surface area contributed by atoms with Crippen molar-refractivity contribution in [1.82, 2.24) is 10.6 Å². The Bertz CT molecular complexity index is 351. The van der Waals surface area contributed by atoms with Gasteiger partial charge < -0.3 is 25.6 Å². The van der Waals surface area contributed by atoms with Crippen LogP contribution in [0.4, 0.5) is 4.79 Å². The maximum atomic E-state index is 11.4. The molecule has 20 heavy (non-hydrogen) atoms. The number of carboxylic acids is 2. The normalized spacial score (nSPS) is 21.4. The maximum absolute atomic E-state index is 11.4. The maximum Gasteiger partial charge on any atom is 0.414 e. The second-order valence-electron chi connectivity index (χ2n) is 5.50. The molecule has 0 aromatic carbocycles. The van der Waals surface area contributed by atoms with E-state index >= 15 is 0 Å². The summed E-state index contributed by atoms with van der Waals surface area (Å²) in [6.45, 7) is 9.50. The molecule has 116 valence electrons. The molecule has 0 saturated carbocycles. The van der Waals surface area contributed by atoms with Crippen molar-refractivity contribution in [3.05, 3.63) is 0 Å². The number of carbonyl (C=O) groups excluding carboxylic acids is 1. The van der Waals surface area contributed by atoms with Crippen LogP contribution in [0.5, 0.6) is 0 Å². The van der Waals surface area contributed by atoms with Gasteiger partial charge in [-0.25, -0.2) is 14.4 Å². The zero-order chi connectivity index (χ0) is 15.9. The van der Waals surface area contributed by atoms with Gasteiger partial charge in [-0.15, -0.1) is 0 Å². The Morgan fingerprint density at radius 2 is 1.65 bits per heavy atom. The van der Waals surface area contributed by atoms with Crippen molar-refractivity contribution in [3.8, 4) is 0 Å². The molecule has 0 aromatic heterocycles. The molecule has 1 aliphatic heterocycles. The molecule has 0 bridgehead atoms. The SMILES string of the molecule is CC1CNCC1NC(=O)OC(C)(C)C.O=C(O)C(=O)O. The molecule has 1 saturated heterocycles. The van der Waals surface area contributed by atoms with Gasteiger partial charge in [-0.1, -0.05) is 6.92 Å². The molecule has 1 fully saturated rings. The third kappa shape index (κ3) is 8.30. The Balaban J connectivity index is 0.000000511. The van der Waals surface area contributed by atoms with E-state index in [-0.39, 0.29) is 12.1 Å². The number of hydrogen-bond acceptors (Lipinski definition) is 5. The summed E-state index contributed by atoms with van der Waals surface area (Å²) in [6, 6.07) is 0.199. The van der Waals surface area contributed by atoms with Crippen LogP contribution in [0.15, 0.2) is 0 Å². The van der Waals surface area contributed by atoms with Gasteiger partial charge in [-0.3, -0.25) is 0 Å². The molecule has 0 aromatic rings. The molecule has 8 nitrogen and oxygen atoms in total. The summed E-state index contributed by atoms with van der Waals surface area (Å²) in [6.07, 6.45) is -0.321. The van der Waals surface area contributed by atoms with Crippen LogP contribution in [-0.2, 0) is 14.3 Å². The first-order valence-corrected chi connectivity index (χ1v) is 6.19. The number of rotatable bonds is 1. The Labute approximate surface area is 117 Å². The summed E-state index contributed by atoms with van der Waals surface area (Å²) in [5, 5.41) is 20.9. The van der Waals surface area contributed by atoms with Gasteiger partial charge in [0.2, 0.25) is 0 Å². The predicted molar refractivity (Wildman–Crippen MR) is 70.5 cm³/mol. The van der Waals surface area contributed by atoms with E-state index in [1.165, 1.54) is 0 Å². The van der Waals surface area contributed by atoms with E-state index in [0.717, 1.165) is 13.1 Å². The molecule has 1 aliphatic rings. The van der Waals surface area contributed by atoms with Crippen molar-refractivity contribution in [1.29, 1.82) is 0 Å². The van der Waals surface area contributed by atoms with Crippen LogP contribution in [0, 0.1) is 5.92 Å². The Morgan fingerprint density at radius 1 is 1.15 bits per heavy atom. The van der Waals surface area contributed by atoms with E-state index in [1.54, 1.807) is 0 Å². The van der Waals surface area contributed by atoms with Gasteiger partial charge in [-0.05, 0) is 33.2 Å². The summed E-state index contributed by atoms with van der Waals surface area (Å²) in [5.74, 6) is -3.17. The summed E-state index contributed by atoms with van der Waals surface area (Å²) < 4.78 is 5.17.